The fraction of sp³-hybridized carbons (Fsp3) is 0.333. The normalized spacial score (nSPS) is 17.7. The summed E-state index contributed by atoms with van der Waals surface area (Å²) in [5.41, 5.74) is 2.53. The van der Waals surface area contributed by atoms with Gasteiger partial charge in [0.1, 0.15) is 5.56 Å². The predicted octanol–water partition coefficient (Wildman–Crippen LogP) is 2.52. The number of aromatic carboxylic acids is 1. The second-order valence-corrected chi connectivity index (χ2v) is 5.29. The Hall–Kier alpha value is -2.10. The number of aryl methyl sites for hydroxylation is 2. The van der Waals surface area contributed by atoms with Gasteiger partial charge in [-0.3, -0.25) is 4.79 Å². The van der Waals surface area contributed by atoms with Crippen molar-refractivity contribution in [1.82, 2.24) is 4.57 Å². The van der Waals surface area contributed by atoms with E-state index < -0.39 is 5.97 Å². The number of carboxylic acids is 1. The zero-order chi connectivity index (χ0) is 13.7. The van der Waals surface area contributed by atoms with E-state index in [4.69, 9.17) is 0 Å². The van der Waals surface area contributed by atoms with Crippen LogP contribution in [-0.2, 0) is 6.42 Å². The van der Waals surface area contributed by atoms with Crippen molar-refractivity contribution in [3.63, 3.8) is 0 Å². The van der Waals surface area contributed by atoms with Crippen LogP contribution < -0.4 is 5.43 Å². The van der Waals surface area contributed by atoms with Gasteiger partial charge in [0.2, 0.25) is 5.43 Å². The highest BCUT2D eigenvalue weighted by Gasteiger charge is 2.22. The Balaban J connectivity index is 2.53. The number of carboxylic acid groups (broad SMARTS) is 1. The van der Waals surface area contributed by atoms with Crippen LogP contribution in [0, 0.1) is 6.92 Å². The maximum Gasteiger partial charge on any atom is 0.341 e. The first kappa shape index (κ1) is 12.0. The van der Waals surface area contributed by atoms with Crippen molar-refractivity contribution < 1.29 is 9.90 Å². The second kappa shape index (κ2) is 3.95. The number of pyridine rings is 1. The number of benzene rings is 1. The van der Waals surface area contributed by atoms with Crippen molar-refractivity contribution in [1.29, 1.82) is 0 Å². The van der Waals surface area contributed by atoms with E-state index in [0.29, 0.717) is 5.39 Å². The molecule has 1 atom stereocenters. The summed E-state index contributed by atoms with van der Waals surface area (Å²) in [6.07, 6.45) is 3.40. The average molecular weight is 257 g/mol. The zero-order valence-electron chi connectivity index (χ0n) is 10.9. The van der Waals surface area contributed by atoms with Gasteiger partial charge in [-0.2, -0.15) is 0 Å². The Morgan fingerprint density at radius 1 is 1.42 bits per heavy atom. The molecule has 0 saturated carbocycles. The van der Waals surface area contributed by atoms with Crippen LogP contribution in [0.1, 0.15) is 40.9 Å². The Morgan fingerprint density at radius 2 is 2.16 bits per heavy atom. The van der Waals surface area contributed by atoms with Crippen LogP contribution >= 0.6 is 0 Å². The van der Waals surface area contributed by atoms with E-state index in [0.717, 1.165) is 29.5 Å². The molecule has 0 spiro atoms. The van der Waals surface area contributed by atoms with Crippen LogP contribution in [-0.4, -0.2) is 15.6 Å². The first-order valence-corrected chi connectivity index (χ1v) is 6.40. The molecule has 3 rings (SSSR count). The molecule has 1 aliphatic rings. The summed E-state index contributed by atoms with van der Waals surface area (Å²) in [4.78, 5) is 23.5. The molecule has 0 aliphatic carbocycles. The van der Waals surface area contributed by atoms with Crippen LogP contribution in [0.2, 0.25) is 0 Å². The highest BCUT2D eigenvalue weighted by Crippen LogP contribution is 2.30. The van der Waals surface area contributed by atoms with Crippen LogP contribution in [0.5, 0.6) is 0 Å². The molecule has 1 aromatic carbocycles. The third-order valence-electron chi connectivity index (χ3n) is 3.89. The molecule has 4 heteroatoms. The number of rotatable bonds is 1. The van der Waals surface area contributed by atoms with E-state index in [2.05, 4.69) is 13.0 Å². The topological polar surface area (TPSA) is 59.3 Å². The first-order valence-electron chi connectivity index (χ1n) is 6.40. The largest absolute Gasteiger partial charge is 0.477 e. The minimum atomic E-state index is -1.16. The second-order valence-electron chi connectivity index (χ2n) is 5.29. The quantitative estimate of drug-likeness (QED) is 0.854. The number of nitrogens with zero attached hydrogens (tertiary/aromatic N) is 1. The number of aromatic nitrogens is 1. The van der Waals surface area contributed by atoms with Crippen molar-refractivity contribution in [2.45, 2.75) is 32.7 Å². The van der Waals surface area contributed by atoms with Gasteiger partial charge in [0.25, 0.3) is 0 Å². The lowest BCUT2D eigenvalue weighted by Crippen LogP contribution is -2.23. The van der Waals surface area contributed by atoms with Gasteiger partial charge in [-0.1, -0.05) is 6.07 Å². The molecule has 1 unspecified atom stereocenters. The van der Waals surface area contributed by atoms with Gasteiger partial charge in [0, 0.05) is 17.6 Å². The zero-order valence-corrected chi connectivity index (χ0v) is 10.9. The molecule has 19 heavy (non-hydrogen) atoms. The fourth-order valence-corrected chi connectivity index (χ4v) is 2.93. The van der Waals surface area contributed by atoms with Gasteiger partial charge >= 0.3 is 5.97 Å². The van der Waals surface area contributed by atoms with Crippen molar-refractivity contribution in [3.05, 3.63) is 45.2 Å². The van der Waals surface area contributed by atoms with E-state index in [1.54, 1.807) is 6.07 Å². The third kappa shape index (κ3) is 1.67. The first-order chi connectivity index (χ1) is 8.99. The molecule has 2 heterocycles. The molecule has 0 saturated heterocycles. The predicted molar refractivity (Wildman–Crippen MR) is 72.9 cm³/mol. The van der Waals surface area contributed by atoms with Crippen molar-refractivity contribution in [3.8, 4) is 0 Å². The summed E-state index contributed by atoms with van der Waals surface area (Å²) in [6, 6.07) is 4.10. The van der Waals surface area contributed by atoms with E-state index in [1.807, 2.05) is 11.5 Å². The van der Waals surface area contributed by atoms with Crippen LogP contribution in [0.3, 0.4) is 0 Å². The Kier molecular flexibility index (Phi) is 2.49. The van der Waals surface area contributed by atoms with Crippen LogP contribution in [0.4, 0.5) is 0 Å². The van der Waals surface area contributed by atoms with Gasteiger partial charge < -0.3 is 9.67 Å². The number of hydrogen-bond donors (Lipinski definition) is 1. The highest BCUT2D eigenvalue weighted by molar-refractivity contribution is 5.94. The molecule has 4 nitrogen and oxygen atoms in total. The maximum absolute atomic E-state index is 12.3. The maximum atomic E-state index is 12.3. The van der Waals surface area contributed by atoms with Gasteiger partial charge in [-0.25, -0.2) is 4.79 Å². The summed E-state index contributed by atoms with van der Waals surface area (Å²) >= 11 is 0. The standard InChI is InChI=1S/C15H15NO3/c1-8-5-10-4-3-9(2)16-7-12(15(18)19)14(17)11(6-8)13(10)16/h5-7,9H,3-4H2,1-2H3,(H,18,19). The molecule has 98 valence electrons. The number of hydrogen-bond acceptors (Lipinski definition) is 2. The summed E-state index contributed by atoms with van der Waals surface area (Å²) < 4.78 is 1.94. The van der Waals surface area contributed by atoms with Crippen molar-refractivity contribution >= 4 is 16.9 Å². The summed E-state index contributed by atoms with van der Waals surface area (Å²) in [7, 11) is 0. The lowest BCUT2D eigenvalue weighted by Gasteiger charge is -2.26. The third-order valence-corrected chi connectivity index (χ3v) is 3.89. The van der Waals surface area contributed by atoms with Gasteiger partial charge in [-0.15, -0.1) is 0 Å². The van der Waals surface area contributed by atoms with Gasteiger partial charge in [-0.05, 0) is 43.9 Å². The lowest BCUT2D eigenvalue weighted by atomic mass is 9.94. The summed E-state index contributed by atoms with van der Waals surface area (Å²) in [5, 5.41) is 9.70. The van der Waals surface area contributed by atoms with E-state index in [1.165, 1.54) is 6.20 Å². The van der Waals surface area contributed by atoms with Crippen molar-refractivity contribution in [2.75, 3.05) is 0 Å². The molecular formula is C15H15NO3. The SMILES string of the molecule is Cc1cc2c3c(c1)c(=O)c(C(=O)O)cn3C(C)CC2. The van der Waals surface area contributed by atoms with Gasteiger partial charge in [0.15, 0.2) is 0 Å². The molecule has 0 amide bonds. The molecule has 0 radical (unpaired) electrons. The van der Waals surface area contributed by atoms with Gasteiger partial charge in [0.05, 0.1) is 5.52 Å². The summed E-state index contributed by atoms with van der Waals surface area (Å²) in [5.74, 6) is -1.16. The summed E-state index contributed by atoms with van der Waals surface area (Å²) in [6.45, 7) is 3.99. The monoisotopic (exact) mass is 257 g/mol. The minimum Gasteiger partial charge on any atom is -0.477 e. The molecule has 1 aliphatic heterocycles. The van der Waals surface area contributed by atoms with Crippen molar-refractivity contribution in [2.24, 2.45) is 0 Å². The average Bonchev–Trinajstić information content (AvgIpc) is 2.35. The van der Waals surface area contributed by atoms with Crippen LogP contribution in [0.15, 0.2) is 23.1 Å². The van der Waals surface area contributed by atoms with E-state index >= 15 is 0 Å². The number of carbonyl (C=O) groups is 1. The minimum absolute atomic E-state index is 0.141. The Morgan fingerprint density at radius 3 is 2.84 bits per heavy atom. The molecule has 0 bridgehead atoms. The Bertz CT molecular complexity index is 758. The lowest BCUT2D eigenvalue weighted by molar-refractivity contribution is 0.0694. The highest BCUT2D eigenvalue weighted by atomic mass is 16.4. The smallest absolute Gasteiger partial charge is 0.341 e. The Labute approximate surface area is 110 Å². The molecule has 2 aromatic rings. The fourth-order valence-electron chi connectivity index (χ4n) is 2.93. The molecule has 1 N–H and O–H groups in total. The molecule has 1 aromatic heterocycles. The molecular weight excluding hydrogens is 242 g/mol. The van der Waals surface area contributed by atoms with E-state index in [-0.39, 0.29) is 17.0 Å². The molecule has 0 fully saturated rings. The van der Waals surface area contributed by atoms with E-state index in [9.17, 15) is 14.7 Å². The van der Waals surface area contributed by atoms with Crippen LogP contribution in [0.25, 0.3) is 10.9 Å².